The molecule has 8 nitrogen and oxygen atoms in total. The number of nitrogens with one attached hydrogen (secondary N) is 2. The second-order valence-corrected chi connectivity index (χ2v) is 8.77. The molecule has 0 radical (unpaired) electrons. The van der Waals surface area contributed by atoms with Crippen LogP contribution in [0.5, 0.6) is 0 Å². The SMILES string of the molecule is CNS(=O)(=O)c1csc(C(=O)NC(CCOC(C)(C)C)C(=O)O)c1. The number of hydrogen-bond acceptors (Lipinski definition) is 6. The second kappa shape index (κ2) is 8.06. The summed E-state index contributed by atoms with van der Waals surface area (Å²) in [4.78, 5) is 23.5. The molecule has 1 amide bonds. The minimum atomic E-state index is -3.64. The molecule has 0 saturated heterocycles. The van der Waals surface area contributed by atoms with Crippen molar-refractivity contribution >= 4 is 33.2 Å². The van der Waals surface area contributed by atoms with Crippen LogP contribution in [0, 0.1) is 0 Å². The molecule has 0 bridgehead atoms. The maximum absolute atomic E-state index is 12.1. The van der Waals surface area contributed by atoms with Crippen LogP contribution in [-0.2, 0) is 19.6 Å². The molecular weight excluding hydrogens is 356 g/mol. The molecule has 10 heteroatoms. The Kier molecular flexibility index (Phi) is 6.90. The van der Waals surface area contributed by atoms with E-state index in [1.165, 1.54) is 18.5 Å². The van der Waals surface area contributed by atoms with E-state index in [2.05, 4.69) is 10.0 Å². The zero-order chi connectivity index (χ0) is 18.5. The highest BCUT2D eigenvalue weighted by Crippen LogP contribution is 2.19. The molecule has 0 aliphatic heterocycles. The van der Waals surface area contributed by atoms with Crippen LogP contribution in [0.25, 0.3) is 0 Å². The van der Waals surface area contributed by atoms with Crippen molar-refractivity contribution in [2.24, 2.45) is 0 Å². The van der Waals surface area contributed by atoms with E-state index in [9.17, 15) is 23.1 Å². The molecule has 24 heavy (non-hydrogen) atoms. The number of carboxylic acids is 1. The van der Waals surface area contributed by atoms with Crippen LogP contribution < -0.4 is 10.0 Å². The number of rotatable bonds is 8. The van der Waals surface area contributed by atoms with Gasteiger partial charge >= 0.3 is 5.97 Å². The molecule has 136 valence electrons. The molecule has 1 rings (SSSR count). The molecule has 1 aromatic rings. The largest absolute Gasteiger partial charge is 0.480 e. The lowest BCUT2D eigenvalue weighted by Crippen LogP contribution is -2.41. The second-order valence-electron chi connectivity index (χ2n) is 5.97. The van der Waals surface area contributed by atoms with Crippen molar-refractivity contribution in [3.05, 3.63) is 16.3 Å². The summed E-state index contributed by atoms with van der Waals surface area (Å²) in [6.45, 7) is 5.70. The average Bonchev–Trinajstić information content (AvgIpc) is 2.95. The molecule has 0 fully saturated rings. The van der Waals surface area contributed by atoms with Crippen molar-refractivity contribution in [3.63, 3.8) is 0 Å². The predicted molar refractivity (Wildman–Crippen MR) is 89.8 cm³/mol. The van der Waals surface area contributed by atoms with Crippen LogP contribution in [0.15, 0.2) is 16.3 Å². The van der Waals surface area contributed by atoms with E-state index < -0.39 is 33.5 Å². The van der Waals surface area contributed by atoms with Crippen LogP contribution in [-0.4, -0.2) is 50.7 Å². The third-order valence-corrected chi connectivity index (χ3v) is 5.40. The lowest BCUT2D eigenvalue weighted by molar-refractivity contribution is -0.140. The Morgan fingerprint density at radius 3 is 2.50 bits per heavy atom. The van der Waals surface area contributed by atoms with E-state index in [4.69, 9.17) is 4.74 Å². The minimum absolute atomic E-state index is 0.0388. The molecule has 0 spiro atoms. The number of carbonyl (C=O) groups excluding carboxylic acids is 1. The molecule has 0 aromatic carbocycles. The minimum Gasteiger partial charge on any atom is -0.480 e. The monoisotopic (exact) mass is 378 g/mol. The summed E-state index contributed by atoms with van der Waals surface area (Å²) in [6, 6.07) is 0.0856. The zero-order valence-electron chi connectivity index (χ0n) is 14.0. The first-order valence-electron chi connectivity index (χ1n) is 7.16. The predicted octanol–water partition coefficient (Wildman–Crippen LogP) is 1.04. The van der Waals surface area contributed by atoms with Crippen molar-refractivity contribution in [1.29, 1.82) is 0 Å². The third kappa shape index (κ3) is 6.19. The van der Waals surface area contributed by atoms with Crippen molar-refractivity contribution in [3.8, 4) is 0 Å². The van der Waals surface area contributed by atoms with Gasteiger partial charge in [0.2, 0.25) is 10.0 Å². The Bertz CT molecular complexity index is 690. The molecule has 3 N–H and O–H groups in total. The Morgan fingerprint density at radius 2 is 2.00 bits per heavy atom. The first kappa shape index (κ1) is 20.6. The number of amides is 1. The fourth-order valence-corrected chi connectivity index (χ4v) is 3.57. The lowest BCUT2D eigenvalue weighted by Gasteiger charge is -2.21. The number of ether oxygens (including phenoxy) is 1. The van der Waals surface area contributed by atoms with Gasteiger partial charge < -0.3 is 15.2 Å². The molecule has 0 saturated carbocycles. The fourth-order valence-electron chi connectivity index (χ4n) is 1.67. The van der Waals surface area contributed by atoms with E-state index in [1.807, 2.05) is 20.8 Å². The quantitative estimate of drug-likeness (QED) is 0.621. The normalized spacial score (nSPS) is 13.5. The summed E-state index contributed by atoms with van der Waals surface area (Å²) < 4.78 is 30.9. The van der Waals surface area contributed by atoms with Crippen LogP contribution in [0.2, 0.25) is 0 Å². The standard InChI is InChI=1S/C14H22N2O6S2/c1-14(2,3)22-6-5-10(13(18)19)16-12(17)11-7-9(8-23-11)24(20,21)15-4/h7-8,10,15H,5-6H2,1-4H3,(H,16,17)(H,18,19). The Labute approximate surface area is 145 Å². The fraction of sp³-hybridized carbons (Fsp3) is 0.571. The van der Waals surface area contributed by atoms with Crippen molar-refractivity contribution in [1.82, 2.24) is 10.0 Å². The number of carboxylic acid groups (broad SMARTS) is 1. The number of carbonyl (C=O) groups is 2. The first-order valence-corrected chi connectivity index (χ1v) is 9.52. The highest BCUT2D eigenvalue weighted by Gasteiger charge is 2.24. The van der Waals surface area contributed by atoms with Gasteiger partial charge in [-0.25, -0.2) is 17.9 Å². The molecule has 1 atom stereocenters. The van der Waals surface area contributed by atoms with Crippen LogP contribution in [0.1, 0.15) is 36.9 Å². The summed E-state index contributed by atoms with van der Waals surface area (Å²) in [5, 5.41) is 12.9. The van der Waals surface area contributed by atoms with E-state index in [0.717, 1.165) is 11.3 Å². The number of hydrogen-bond donors (Lipinski definition) is 3. The van der Waals surface area contributed by atoms with Gasteiger partial charge in [-0.05, 0) is 33.9 Å². The van der Waals surface area contributed by atoms with Gasteiger partial charge in [-0.3, -0.25) is 4.79 Å². The van der Waals surface area contributed by atoms with Gasteiger partial charge in [0.1, 0.15) is 6.04 Å². The van der Waals surface area contributed by atoms with Crippen LogP contribution >= 0.6 is 11.3 Å². The van der Waals surface area contributed by atoms with Gasteiger partial charge in [0.05, 0.1) is 15.4 Å². The highest BCUT2D eigenvalue weighted by atomic mass is 32.2. The van der Waals surface area contributed by atoms with E-state index >= 15 is 0 Å². The third-order valence-electron chi connectivity index (χ3n) is 2.92. The van der Waals surface area contributed by atoms with Gasteiger partial charge in [0, 0.05) is 18.4 Å². The summed E-state index contributed by atoms with van der Waals surface area (Å²) >= 11 is 0.926. The van der Waals surface area contributed by atoms with Gasteiger partial charge in [-0.15, -0.1) is 11.3 Å². The van der Waals surface area contributed by atoms with Crippen LogP contribution in [0.4, 0.5) is 0 Å². The van der Waals surface area contributed by atoms with Crippen molar-refractivity contribution in [2.75, 3.05) is 13.7 Å². The van der Waals surface area contributed by atoms with Crippen LogP contribution in [0.3, 0.4) is 0 Å². The van der Waals surface area contributed by atoms with Gasteiger partial charge in [-0.2, -0.15) is 0 Å². The molecule has 1 heterocycles. The lowest BCUT2D eigenvalue weighted by atomic mass is 10.1. The molecule has 1 aromatic heterocycles. The molecule has 1 unspecified atom stereocenters. The maximum atomic E-state index is 12.1. The number of sulfonamides is 1. The first-order chi connectivity index (χ1) is 11.0. The summed E-state index contributed by atoms with van der Waals surface area (Å²) in [5.74, 6) is -1.82. The Balaban J connectivity index is 2.74. The highest BCUT2D eigenvalue weighted by molar-refractivity contribution is 7.89. The van der Waals surface area contributed by atoms with Gasteiger partial charge in [0.15, 0.2) is 0 Å². The molecule has 0 aliphatic carbocycles. The maximum Gasteiger partial charge on any atom is 0.326 e. The van der Waals surface area contributed by atoms with E-state index in [0.29, 0.717) is 0 Å². The van der Waals surface area contributed by atoms with Gasteiger partial charge in [0.25, 0.3) is 5.91 Å². The van der Waals surface area contributed by atoms with Crippen molar-refractivity contribution < 1.29 is 27.9 Å². The Morgan fingerprint density at radius 1 is 1.38 bits per heavy atom. The Hall–Kier alpha value is -1.49. The molecular formula is C14H22N2O6S2. The summed E-state index contributed by atoms with van der Waals surface area (Å²) in [6.07, 6.45) is 0.103. The summed E-state index contributed by atoms with van der Waals surface area (Å²) in [5.41, 5.74) is -0.406. The zero-order valence-corrected chi connectivity index (χ0v) is 15.6. The van der Waals surface area contributed by atoms with Gasteiger partial charge in [-0.1, -0.05) is 0 Å². The van der Waals surface area contributed by atoms with E-state index in [1.54, 1.807) is 0 Å². The average molecular weight is 378 g/mol. The van der Waals surface area contributed by atoms with E-state index in [-0.39, 0.29) is 22.8 Å². The summed E-state index contributed by atoms with van der Waals surface area (Å²) in [7, 11) is -2.38. The van der Waals surface area contributed by atoms with Crippen molar-refractivity contribution in [2.45, 2.75) is 43.7 Å². The molecule has 0 aliphatic rings. The number of thiophene rings is 1. The topological polar surface area (TPSA) is 122 Å². The number of aliphatic carboxylic acids is 1. The smallest absolute Gasteiger partial charge is 0.326 e.